The van der Waals surface area contributed by atoms with Crippen LogP contribution in [0.2, 0.25) is 0 Å². The SMILES string of the molecule is O=C(N/N=C/c1ccc2c(c1)OCCO2)C(=O)Nc1ccccc1C(=O)N1CCOCC1. The lowest BCUT2D eigenvalue weighted by Gasteiger charge is -2.27. The molecule has 0 unspecified atom stereocenters. The van der Waals surface area contributed by atoms with Gasteiger partial charge in [-0.1, -0.05) is 12.1 Å². The van der Waals surface area contributed by atoms with Crippen LogP contribution in [0.4, 0.5) is 5.69 Å². The van der Waals surface area contributed by atoms with E-state index in [4.69, 9.17) is 14.2 Å². The summed E-state index contributed by atoms with van der Waals surface area (Å²) >= 11 is 0. The van der Waals surface area contributed by atoms with Gasteiger partial charge in [0.05, 0.1) is 30.7 Å². The van der Waals surface area contributed by atoms with E-state index in [-0.39, 0.29) is 11.6 Å². The van der Waals surface area contributed by atoms with Gasteiger partial charge in [-0.15, -0.1) is 0 Å². The van der Waals surface area contributed by atoms with E-state index in [9.17, 15) is 14.4 Å². The first-order chi connectivity index (χ1) is 15.6. The van der Waals surface area contributed by atoms with Crippen LogP contribution in [0.1, 0.15) is 15.9 Å². The van der Waals surface area contributed by atoms with E-state index >= 15 is 0 Å². The molecule has 10 heteroatoms. The van der Waals surface area contributed by atoms with Crippen molar-refractivity contribution in [1.82, 2.24) is 10.3 Å². The second-order valence-electron chi connectivity index (χ2n) is 7.01. The zero-order valence-electron chi connectivity index (χ0n) is 17.2. The Balaban J connectivity index is 1.36. The molecule has 10 nitrogen and oxygen atoms in total. The van der Waals surface area contributed by atoms with Crippen molar-refractivity contribution in [1.29, 1.82) is 0 Å². The summed E-state index contributed by atoms with van der Waals surface area (Å²) in [7, 11) is 0. The highest BCUT2D eigenvalue weighted by atomic mass is 16.6. The van der Waals surface area contributed by atoms with E-state index in [1.165, 1.54) is 6.21 Å². The molecule has 0 aromatic heterocycles. The molecule has 2 aromatic carbocycles. The number of nitrogens with zero attached hydrogens (tertiary/aromatic N) is 2. The van der Waals surface area contributed by atoms with Gasteiger partial charge in [0.1, 0.15) is 13.2 Å². The molecule has 4 rings (SSSR count). The third-order valence-electron chi connectivity index (χ3n) is 4.86. The number of para-hydroxylation sites is 1. The molecule has 2 aromatic rings. The summed E-state index contributed by atoms with van der Waals surface area (Å²) in [5.74, 6) is -0.909. The second kappa shape index (κ2) is 9.92. The van der Waals surface area contributed by atoms with Crippen LogP contribution in [0.25, 0.3) is 0 Å². The van der Waals surface area contributed by atoms with Crippen LogP contribution in [0.15, 0.2) is 47.6 Å². The van der Waals surface area contributed by atoms with Crippen LogP contribution >= 0.6 is 0 Å². The number of hydrazone groups is 1. The molecule has 2 heterocycles. The van der Waals surface area contributed by atoms with Gasteiger partial charge in [0.15, 0.2) is 11.5 Å². The number of hydrogen-bond acceptors (Lipinski definition) is 7. The number of hydrogen-bond donors (Lipinski definition) is 2. The Labute approximate surface area is 184 Å². The quantitative estimate of drug-likeness (QED) is 0.418. The fourth-order valence-corrected chi connectivity index (χ4v) is 3.25. The molecule has 0 atom stereocenters. The van der Waals surface area contributed by atoms with Crippen molar-refractivity contribution in [2.75, 3.05) is 44.8 Å². The third kappa shape index (κ3) is 5.03. The van der Waals surface area contributed by atoms with Crippen molar-refractivity contribution >= 4 is 29.6 Å². The van der Waals surface area contributed by atoms with Crippen LogP contribution in [0.3, 0.4) is 0 Å². The number of ether oxygens (including phenoxy) is 3. The number of anilines is 1. The van der Waals surface area contributed by atoms with Gasteiger partial charge in [0, 0.05) is 13.1 Å². The molecule has 1 saturated heterocycles. The summed E-state index contributed by atoms with van der Waals surface area (Å²) in [4.78, 5) is 38.9. The summed E-state index contributed by atoms with van der Waals surface area (Å²) in [6.07, 6.45) is 1.39. The molecule has 3 amide bonds. The van der Waals surface area contributed by atoms with Gasteiger partial charge in [0.2, 0.25) is 0 Å². The van der Waals surface area contributed by atoms with Gasteiger partial charge < -0.3 is 24.4 Å². The molecular weight excluding hydrogens is 416 g/mol. The number of morpholine rings is 1. The molecule has 2 aliphatic heterocycles. The lowest BCUT2D eigenvalue weighted by molar-refractivity contribution is -0.136. The third-order valence-corrected chi connectivity index (χ3v) is 4.86. The van der Waals surface area contributed by atoms with Crippen molar-refractivity contribution in [3.8, 4) is 11.5 Å². The Kier molecular flexibility index (Phi) is 6.61. The molecule has 0 spiro atoms. The van der Waals surface area contributed by atoms with Gasteiger partial charge in [-0.3, -0.25) is 14.4 Å². The fraction of sp³-hybridized carbons (Fsp3) is 0.273. The van der Waals surface area contributed by atoms with Gasteiger partial charge in [-0.25, -0.2) is 5.43 Å². The van der Waals surface area contributed by atoms with E-state index < -0.39 is 11.8 Å². The molecule has 0 saturated carbocycles. The maximum Gasteiger partial charge on any atom is 0.329 e. The number of carbonyl (C=O) groups excluding carboxylic acids is 3. The Hall–Kier alpha value is -3.92. The minimum atomic E-state index is -0.965. The number of nitrogens with one attached hydrogen (secondary N) is 2. The average Bonchev–Trinajstić information content (AvgIpc) is 2.84. The average molecular weight is 438 g/mol. The molecule has 166 valence electrons. The van der Waals surface area contributed by atoms with E-state index in [1.54, 1.807) is 47.4 Å². The highest BCUT2D eigenvalue weighted by Gasteiger charge is 2.23. The van der Waals surface area contributed by atoms with Crippen LogP contribution in [-0.2, 0) is 14.3 Å². The predicted molar refractivity (Wildman–Crippen MR) is 115 cm³/mol. The smallest absolute Gasteiger partial charge is 0.329 e. The number of rotatable bonds is 4. The van der Waals surface area contributed by atoms with E-state index in [1.807, 2.05) is 0 Å². The molecule has 2 N–H and O–H groups in total. The van der Waals surface area contributed by atoms with Crippen molar-refractivity contribution in [3.63, 3.8) is 0 Å². The summed E-state index contributed by atoms with van der Waals surface area (Å²) in [5, 5.41) is 6.29. The van der Waals surface area contributed by atoms with Gasteiger partial charge >= 0.3 is 11.8 Å². The van der Waals surface area contributed by atoms with Crippen molar-refractivity contribution in [3.05, 3.63) is 53.6 Å². The van der Waals surface area contributed by atoms with E-state index in [0.29, 0.717) is 62.1 Å². The standard InChI is InChI=1S/C22H22N4O6/c27-20(21(28)25-23-14-15-5-6-18-19(13-15)32-12-11-31-18)24-17-4-2-1-3-16(17)22(29)26-7-9-30-10-8-26/h1-6,13-14H,7-12H2,(H,24,27)(H,25,28)/b23-14+. The zero-order chi connectivity index (χ0) is 22.3. The lowest BCUT2D eigenvalue weighted by Crippen LogP contribution is -2.41. The van der Waals surface area contributed by atoms with Crippen molar-refractivity contribution in [2.24, 2.45) is 5.10 Å². The molecule has 2 aliphatic rings. The highest BCUT2D eigenvalue weighted by Crippen LogP contribution is 2.30. The zero-order valence-corrected chi connectivity index (χ0v) is 17.2. The van der Waals surface area contributed by atoms with Gasteiger partial charge in [-0.05, 0) is 35.9 Å². The minimum absolute atomic E-state index is 0.235. The number of fused-ring (bicyclic) bond motifs is 1. The van der Waals surface area contributed by atoms with Crippen molar-refractivity contribution in [2.45, 2.75) is 0 Å². The molecule has 1 fully saturated rings. The Morgan fingerprint density at radius 2 is 1.66 bits per heavy atom. The van der Waals surface area contributed by atoms with Crippen LogP contribution in [0, 0.1) is 0 Å². The van der Waals surface area contributed by atoms with Gasteiger partial charge in [-0.2, -0.15) is 5.10 Å². The monoisotopic (exact) mass is 438 g/mol. The summed E-state index contributed by atoms with van der Waals surface area (Å²) < 4.78 is 16.2. The maximum absolute atomic E-state index is 12.8. The number of benzene rings is 2. The topological polar surface area (TPSA) is 119 Å². The first-order valence-electron chi connectivity index (χ1n) is 10.1. The largest absolute Gasteiger partial charge is 0.486 e. The molecular formula is C22H22N4O6. The first-order valence-corrected chi connectivity index (χ1v) is 10.1. The van der Waals surface area contributed by atoms with Crippen LogP contribution in [-0.4, -0.2) is 68.4 Å². The van der Waals surface area contributed by atoms with Gasteiger partial charge in [0.25, 0.3) is 5.91 Å². The highest BCUT2D eigenvalue weighted by molar-refractivity contribution is 6.40. The molecule has 0 radical (unpaired) electrons. The van der Waals surface area contributed by atoms with E-state index in [2.05, 4.69) is 15.8 Å². The molecule has 32 heavy (non-hydrogen) atoms. The van der Waals surface area contributed by atoms with Crippen LogP contribution in [0.5, 0.6) is 11.5 Å². The summed E-state index contributed by atoms with van der Waals surface area (Å²) in [6, 6.07) is 11.7. The number of amides is 3. The first kappa shape index (κ1) is 21.3. The Morgan fingerprint density at radius 3 is 2.47 bits per heavy atom. The van der Waals surface area contributed by atoms with Crippen molar-refractivity contribution < 1.29 is 28.6 Å². The summed E-state index contributed by atoms with van der Waals surface area (Å²) in [5.41, 5.74) is 3.39. The second-order valence-corrected chi connectivity index (χ2v) is 7.01. The Bertz CT molecular complexity index is 1050. The lowest BCUT2D eigenvalue weighted by atomic mass is 10.1. The normalized spacial score (nSPS) is 15.3. The molecule has 0 aliphatic carbocycles. The minimum Gasteiger partial charge on any atom is -0.486 e. The maximum atomic E-state index is 12.8. The molecule has 0 bridgehead atoms. The summed E-state index contributed by atoms with van der Waals surface area (Å²) in [6.45, 7) is 2.81. The predicted octanol–water partition coefficient (Wildman–Crippen LogP) is 1.02. The fourth-order valence-electron chi connectivity index (χ4n) is 3.25. The Morgan fingerprint density at radius 1 is 0.906 bits per heavy atom. The number of carbonyl (C=O) groups is 3. The van der Waals surface area contributed by atoms with E-state index in [0.717, 1.165) is 0 Å². The van der Waals surface area contributed by atoms with Crippen LogP contribution < -0.4 is 20.2 Å².